The van der Waals surface area contributed by atoms with Gasteiger partial charge in [0.1, 0.15) is 11.6 Å². The van der Waals surface area contributed by atoms with Crippen molar-refractivity contribution in [2.45, 2.75) is 30.6 Å². The van der Waals surface area contributed by atoms with Crippen molar-refractivity contribution in [3.8, 4) is 5.75 Å². The molecule has 0 aliphatic carbocycles. The molecule has 3 aromatic carbocycles. The lowest BCUT2D eigenvalue weighted by atomic mass is 10.1. The fraction of sp³-hybridized carbons (Fsp3) is 0.296. The molecule has 11 heteroatoms. The summed E-state index contributed by atoms with van der Waals surface area (Å²) < 4.78 is 87.4. The summed E-state index contributed by atoms with van der Waals surface area (Å²) in [6.45, 7) is 1.17. The van der Waals surface area contributed by atoms with Crippen LogP contribution in [0.3, 0.4) is 0 Å². The molecule has 0 saturated carbocycles. The number of halogens is 4. The van der Waals surface area contributed by atoms with Crippen LogP contribution in [0.4, 0.5) is 17.6 Å². The first-order chi connectivity index (χ1) is 17.9. The van der Waals surface area contributed by atoms with Gasteiger partial charge in [-0.3, -0.25) is 4.90 Å². The van der Waals surface area contributed by atoms with Gasteiger partial charge in [0.05, 0.1) is 29.7 Å². The highest BCUT2D eigenvalue weighted by Crippen LogP contribution is 2.30. The zero-order valence-corrected chi connectivity index (χ0v) is 21.6. The van der Waals surface area contributed by atoms with Gasteiger partial charge in [-0.15, -0.1) is 0 Å². The Kier molecular flexibility index (Phi) is 9.50. The van der Waals surface area contributed by atoms with E-state index in [0.29, 0.717) is 25.1 Å². The van der Waals surface area contributed by atoms with Gasteiger partial charge in [-0.1, -0.05) is 30.3 Å². The van der Waals surface area contributed by atoms with Crippen LogP contribution in [-0.4, -0.2) is 45.8 Å². The Morgan fingerprint density at radius 1 is 0.947 bits per heavy atom. The van der Waals surface area contributed by atoms with Gasteiger partial charge < -0.3 is 9.47 Å². The second-order valence-electron chi connectivity index (χ2n) is 8.66. The SMILES string of the molecule is COC(=O)c1ccc(OCCCN(Cc2ccc(F)cc2)Cc2cccc(C(F)(F)F)c2)cc1S(C)(=O)=O. The molecule has 3 aromatic rings. The van der Waals surface area contributed by atoms with Crippen molar-refractivity contribution in [1.82, 2.24) is 4.90 Å². The number of hydrogen-bond acceptors (Lipinski definition) is 6. The summed E-state index contributed by atoms with van der Waals surface area (Å²) in [6, 6.07) is 15.0. The number of esters is 1. The second-order valence-corrected chi connectivity index (χ2v) is 10.6. The molecule has 0 fully saturated rings. The number of hydrogen-bond donors (Lipinski definition) is 0. The van der Waals surface area contributed by atoms with E-state index in [9.17, 15) is 30.8 Å². The molecule has 0 aliphatic rings. The Morgan fingerprint density at radius 3 is 2.26 bits per heavy atom. The summed E-state index contributed by atoms with van der Waals surface area (Å²) in [5.41, 5.74) is 0.417. The van der Waals surface area contributed by atoms with Gasteiger partial charge in [-0.25, -0.2) is 17.6 Å². The molecule has 0 N–H and O–H groups in total. The number of sulfone groups is 1. The Balaban J connectivity index is 1.70. The number of alkyl halides is 3. The van der Waals surface area contributed by atoms with Crippen LogP contribution in [-0.2, 0) is 33.8 Å². The van der Waals surface area contributed by atoms with E-state index in [0.717, 1.165) is 31.1 Å². The van der Waals surface area contributed by atoms with Crippen LogP contribution in [0.1, 0.15) is 33.5 Å². The quantitative estimate of drug-likeness (QED) is 0.177. The Hall–Kier alpha value is -3.44. The maximum Gasteiger partial charge on any atom is 0.416 e. The first kappa shape index (κ1) is 29.1. The lowest BCUT2D eigenvalue weighted by molar-refractivity contribution is -0.137. The zero-order valence-electron chi connectivity index (χ0n) is 20.8. The number of rotatable bonds is 11. The topological polar surface area (TPSA) is 72.9 Å². The van der Waals surface area contributed by atoms with Crippen molar-refractivity contribution < 1.29 is 40.2 Å². The summed E-state index contributed by atoms with van der Waals surface area (Å²) in [4.78, 5) is 13.6. The first-order valence-electron chi connectivity index (χ1n) is 11.5. The number of nitrogens with zero attached hydrogens (tertiary/aromatic N) is 1. The fourth-order valence-corrected chi connectivity index (χ4v) is 4.70. The zero-order chi connectivity index (χ0) is 27.9. The van der Waals surface area contributed by atoms with E-state index in [4.69, 9.17) is 4.74 Å². The van der Waals surface area contributed by atoms with Crippen LogP contribution in [0.5, 0.6) is 5.75 Å². The average Bonchev–Trinajstić information content (AvgIpc) is 2.86. The molecule has 0 bridgehead atoms. The van der Waals surface area contributed by atoms with Crippen LogP contribution in [0, 0.1) is 5.82 Å². The van der Waals surface area contributed by atoms with Gasteiger partial charge in [0.25, 0.3) is 0 Å². The van der Waals surface area contributed by atoms with E-state index in [2.05, 4.69) is 4.74 Å². The molecule has 0 heterocycles. The molecule has 0 unspecified atom stereocenters. The molecule has 0 saturated heterocycles. The highest BCUT2D eigenvalue weighted by atomic mass is 32.2. The van der Waals surface area contributed by atoms with Crippen molar-refractivity contribution in [2.24, 2.45) is 0 Å². The molecule has 0 spiro atoms. The second kappa shape index (κ2) is 12.4. The largest absolute Gasteiger partial charge is 0.494 e. The van der Waals surface area contributed by atoms with Crippen LogP contribution in [0.2, 0.25) is 0 Å². The first-order valence-corrected chi connectivity index (χ1v) is 13.4. The molecular formula is C27H27F4NO5S. The maximum atomic E-state index is 13.3. The number of carbonyl (C=O) groups is 1. The van der Waals surface area contributed by atoms with E-state index < -0.39 is 33.4 Å². The van der Waals surface area contributed by atoms with Gasteiger partial charge in [-0.2, -0.15) is 13.2 Å². The van der Waals surface area contributed by atoms with Crippen molar-refractivity contribution in [3.63, 3.8) is 0 Å². The summed E-state index contributed by atoms with van der Waals surface area (Å²) in [5, 5.41) is 0. The summed E-state index contributed by atoms with van der Waals surface area (Å²) in [5.74, 6) is -0.942. The van der Waals surface area contributed by atoms with Crippen molar-refractivity contribution >= 4 is 15.8 Å². The maximum absolute atomic E-state index is 13.3. The van der Waals surface area contributed by atoms with Crippen molar-refractivity contribution in [2.75, 3.05) is 26.5 Å². The highest BCUT2D eigenvalue weighted by molar-refractivity contribution is 7.90. The standard InChI is InChI=1S/C27H27F4NO5S/c1-36-26(33)24-12-11-23(16-25(24)38(2,34)35)37-14-4-13-32(17-19-7-9-22(28)10-8-19)18-20-5-3-6-21(15-20)27(29,30)31/h3,5-12,15-16H,4,13-14,17-18H2,1-2H3. The molecule has 0 radical (unpaired) electrons. The predicted octanol–water partition coefficient (Wildman–Crippen LogP) is 5.51. The van der Waals surface area contributed by atoms with Crippen LogP contribution >= 0.6 is 0 Å². The van der Waals surface area contributed by atoms with Crippen LogP contribution in [0.15, 0.2) is 71.6 Å². The van der Waals surface area contributed by atoms with Gasteiger partial charge in [0, 0.05) is 25.9 Å². The third-order valence-corrected chi connectivity index (χ3v) is 6.76. The normalized spacial score (nSPS) is 12.0. The minimum absolute atomic E-state index is 0.103. The molecular weight excluding hydrogens is 526 g/mol. The average molecular weight is 554 g/mol. The van der Waals surface area contributed by atoms with E-state index in [1.807, 2.05) is 4.90 Å². The van der Waals surface area contributed by atoms with Crippen LogP contribution in [0.25, 0.3) is 0 Å². The Labute approximate surface area is 218 Å². The van der Waals surface area contributed by atoms with Gasteiger partial charge in [0.15, 0.2) is 9.84 Å². The smallest absolute Gasteiger partial charge is 0.416 e. The molecule has 38 heavy (non-hydrogen) atoms. The highest BCUT2D eigenvalue weighted by Gasteiger charge is 2.30. The number of ether oxygens (including phenoxy) is 2. The molecule has 0 aliphatic heterocycles. The molecule has 3 rings (SSSR count). The molecule has 6 nitrogen and oxygen atoms in total. The van der Waals surface area contributed by atoms with E-state index >= 15 is 0 Å². The lowest BCUT2D eigenvalue weighted by Gasteiger charge is -2.23. The van der Waals surface area contributed by atoms with E-state index in [-0.39, 0.29) is 29.4 Å². The molecule has 204 valence electrons. The van der Waals surface area contributed by atoms with Gasteiger partial charge in [0.2, 0.25) is 0 Å². The molecule has 0 atom stereocenters. The minimum atomic E-state index is -4.46. The van der Waals surface area contributed by atoms with Crippen LogP contribution < -0.4 is 4.74 Å². The fourth-order valence-electron chi connectivity index (χ4n) is 3.82. The van der Waals surface area contributed by atoms with Crippen molar-refractivity contribution in [3.05, 3.63) is 94.8 Å². The van der Waals surface area contributed by atoms with Crippen molar-refractivity contribution in [1.29, 1.82) is 0 Å². The Morgan fingerprint density at radius 2 is 1.63 bits per heavy atom. The number of carbonyl (C=O) groups excluding carboxylic acids is 1. The number of methoxy groups -OCH3 is 1. The summed E-state index contributed by atoms with van der Waals surface area (Å²) in [7, 11) is -2.59. The lowest BCUT2D eigenvalue weighted by Crippen LogP contribution is -2.25. The third-order valence-electron chi connectivity index (χ3n) is 5.63. The Bertz CT molecular complexity index is 1360. The molecule has 0 amide bonds. The summed E-state index contributed by atoms with van der Waals surface area (Å²) >= 11 is 0. The third kappa shape index (κ3) is 8.29. The van der Waals surface area contributed by atoms with E-state index in [1.165, 1.54) is 36.4 Å². The molecule has 0 aromatic heterocycles. The number of benzene rings is 3. The van der Waals surface area contributed by atoms with E-state index in [1.54, 1.807) is 18.2 Å². The van der Waals surface area contributed by atoms with Gasteiger partial charge in [-0.05, 0) is 53.9 Å². The van der Waals surface area contributed by atoms with Gasteiger partial charge >= 0.3 is 12.1 Å². The minimum Gasteiger partial charge on any atom is -0.494 e. The summed E-state index contributed by atoms with van der Waals surface area (Å²) in [6.07, 6.45) is -3.04. The monoisotopic (exact) mass is 553 g/mol. The predicted molar refractivity (Wildman–Crippen MR) is 133 cm³/mol.